The summed E-state index contributed by atoms with van der Waals surface area (Å²) in [4.78, 5) is 25.5. The van der Waals surface area contributed by atoms with Gasteiger partial charge in [-0.15, -0.1) is 0 Å². The molecule has 0 aliphatic rings. The van der Waals surface area contributed by atoms with E-state index in [9.17, 15) is 14.7 Å². The highest BCUT2D eigenvalue weighted by atomic mass is 16.6. The van der Waals surface area contributed by atoms with Crippen molar-refractivity contribution in [3.8, 4) is 0 Å². The Morgan fingerprint density at radius 1 is 1.07 bits per heavy atom. The number of hydrogen-bond donors (Lipinski definition) is 2. The van der Waals surface area contributed by atoms with Gasteiger partial charge in [0.15, 0.2) is 5.54 Å². The smallest absolute Gasteiger partial charge is 0.408 e. The van der Waals surface area contributed by atoms with Crippen LogP contribution in [-0.4, -0.2) is 34.4 Å². The van der Waals surface area contributed by atoms with Gasteiger partial charge in [-0.1, -0.05) is 58.0 Å². The minimum atomic E-state index is -1.62. The maximum absolute atomic E-state index is 13.0. The lowest BCUT2D eigenvalue weighted by molar-refractivity contribution is -0.173. The van der Waals surface area contributed by atoms with E-state index < -0.39 is 35.2 Å². The molecular weight excluding hydrogens is 346 g/mol. The molecule has 0 unspecified atom stereocenters. The van der Waals surface area contributed by atoms with Gasteiger partial charge in [0.25, 0.3) is 0 Å². The minimum absolute atomic E-state index is 0.0624. The fraction of sp³-hybridized carbons (Fsp3) is 0.619. The number of carbonyl (C=O) groups excluding carboxylic acids is 2. The Balaban J connectivity index is 3.08. The molecule has 1 aromatic carbocycles. The molecule has 1 aromatic rings. The molecule has 2 N–H and O–H groups in total. The number of aliphatic hydroxyl groups is 1. The van der Waals surface area contributed by atoms with Crippen LogP contribution in [0.4, 0.5) is 4.79 Å². The maximum Gasteiger partial charge on any atom is 0.408 e. The van der Waals surface area contributed by atoms with Gasteiger partial charge in [-0.05, 0) is 38.2 Å². The molecule has 1 amide bonds. The van der Waals surface area contributed by atoms with Crippen LogP contribution in [0.15, 0.2) is 30.3 Å². The SMILES string of the molecule is CC(C)[C@H](O)[C@](NC(=O)OCc1ccccc1)(C(=O)OC(C)(C)C)C(C)C. The number of nitrogens with one attached hydrogen (secondary N) is 1. The van der Waals surface area contributed by atoms with E-state index >= 15 is 0 Å². The van der Waals surface area contributed by atoms with Crippen LogP contribution in [0, 0.1) is 11.8 Å². The van der Waals surface area contributed by atoms with Crippen LogP contribution >= 0.6 is 0 Å². The number of benzene rings is 1. The van der Waals surface area contributed by atoms with Crippen LogP contribution in [-0.2, 0) is 20.9 Å². The molecule has 0 heterocycles. The molecule has 0 saturated heterocycles. The van der Waals surface area contributed by atoms with E-state index in [-0.39, 0.29) is 12.5 Å². The standard InChI is InChI=1S/C21H33NO5/c1-14(2)17(23)21(15(3)4,18(24)27-20(5,6)7)22-19(25)26-13-16-11-9-8-10-12-16/h8-12,14-15,17,23H,13H2,1-7H3,(H,22,25)/t17-,21-/m0/s1. The highest BCUT2D eigenvalue weighted by Crippen LogP contribution is 2.30. The molecule has 0 fully saturated rings. The van der Waals surface area contributed by atoms with Crippen LogP contribution in [0.25, 0.3) is 0 Å². The first-order chi connectivity index (χ1) is 12.4. The first-order valence-corrected chi connectivity index (χ1v) is 9.30. The summed E-state index contributed by atoms with van der Waals surface area (Å²) in [7, 11) is 0. The molecule has 0 spiro atoms. The molecule has 0 radical (unpaired) electrons. The topological polar surface area (TPSA) is 84.9 Å². The van der Waals surface area contributed by atoms with E-state index in [1.165, 1.54) is 0 Å². The molecule has 0 aromatic heterocycles. The minimum Gasteiger partial charge on any atom is -0.458 e. The third-order valence-corrected chi connectivity index (χ3v) is 4.27. The average Bonchev–Trinajstić information content (AvgIpc) is 2.56. The van der Waals surface area contributed by atoms with Gasteiger partial charge >= 0.3 is 12.1 Å². The Hall–Kier alpha value is -2.08. The van der Waals surface area contributed by atoms with Crippen molar-refractivity contribution in [1.82, 2.24) is 5.32 Å². The molecule has 27 heavy (non-hydrogen) atoms. The fourth-order valence-electron chi connectivity index (χ4n) is 2.78. The number of ether oxygens (including phenoxy) is 2. The van der Waals surface area contributed by atoms with Crippen molar-refractivity contribution in [2.45, 2.75) is 72.3 Å². The van der Waals surface area contributed by atoms with Gasteiger partial charge in [-0.25, -0.2) is 9.59 Å². The molecule has 6 nitrogen and oxygen atoms in total. The zero-order valence-corrected chi connectivity index (χ0v) is 17.4. The fourth-order valence-corrected chi connectivity index (χ4v) is 2.78. The van der Waals surface area contributed by atoms with Crippen molar-refractivity contribution < 1.29 is 24.2 Å². The molecule has 0 saturated carbocycles. The Morgan fingerprint density at radius 3 is 2.07 bits per heavy atom. The van der Waals surface area contributed by atoms with Crippen LogP contribution in [0.1, 0.15) is 54.0 Å². The number of hydrogen-bond acceptors (Lipinski definition) is 5. The van der Waals surface area contributed by atoms with Gasteiger partial charge in [0.05, 0.1) is 6.10 Å². The highest BCUT2D eigenvalue weighted by Gasteiger charge is 2.53. The summed E-state index contributed by atoms with van der Waals surface area (Å²) in [5.41, 5.74) is -1.55. The number of alkyl carbamates (subject to hydrolysis) is 1. The Labute approximate surface area is 162 Å². The third-order valence-electron chi connectivity index (χ3n) is 4.27. The van der Waals surface area contributed by atoms with Gasteiger partial charge in [0.1, 0.15) is 12.2 Å². The monoisotopic (exact) mass is 379 g/mol. The van der Waals surface area contributed by atoms with Gasteiger partial charge in [-0.2, -0.15) is 0 Å². The number of amides is 1. The molecule has 1 rings (SSSR count). The number of esters is 1. The Bertz CT molecular complexity index is 621. The summed E-state index contributed by atoms with van der Waals surface area (Å²) in [5.74, 6) is -1.38. The first kappa shape index (κ1) is 23.0. The maximum atomic E-state index is 13.0. The summed E-state index contributed by atoms with van der Waals surface area (Å²) in [6, 6.07) is 9.23. The second-order valence-electron chi connectivity index (χ2n) is 8.40. The summed E-state index contributed by atoms with van der Waals surface area (Å²) in [6.45, 7) is 12.4. The van der Waals surface area contributed by atoms with E-state index in [0.717, 1.165) is 5.56 Å². The van der Waals surface area contributed by atoms with E-state index in [4.69, 9.17) is 9.47 Å². The zero-order chi connectivity index (χ0) is 20.8. The van der Waals surface area contributed by atoms with Crippen molar-refractivity contribution in [2.75, 3.05) is 0 Å². The first-order valence-electron chi connectivity index (χ1n) is 9.30. The Kier molecular flexibility index (Phi) is 7.84. The lowest BCUT2D eigenvalue weighted by atomic mass is 9.76. The highest BCUT2D eigenvalue weighted by molar-refractivity contribution is 5.87. The largest absolute Gasteiger partial charge is 0.458 e. The van der Waals surface area contributed by atoms with E-state index in [2.05, 4.69) is 5.32 Å². The Morgan fingerprint density at radius 2 is 1.63 bits per heavy atom. The van der Waals surface area contributed by atoms with Crippen LogP contribution < -0.4 is 5.32 Å². The van der Waals surface area contributed by atoms with Gasteiger partial charge in [0, 0.05) is 0 Å². The predicted molar refractivity (Wildman–Crippen MR) is 104 cm³/mol. The van der Waals surface area contributed by atoms with Crippen LogP contribution in [0.2, 0.25) is 0 Å². The quantitative estimate of drug-likeness (QED) is 0.706. The summed E-state index contributed by atoms with van der Waals surface area (Å²) in [6.07, 6.45) is -1.92. The average molecular weight is 379 g/mol. The third kappa shape index (κ3) is 6.24. The second-order valence-corrected chi connectivity index (χ2v) is 8.40. The van der Waals surface area contributed by atoms with E-state index in [1.807, 2.05) is 30.3 Å². The second kappa shape index (κ2) is 9.22. The van der Waals surface area contributed by atoms with Gasteiger partial charge in [-0.3, -0.25) is 0 Å². The number of carbonyl (C=O) groups is 2. The van der Waals surface area contributed by atoms with E-state index in [0.29, 0.717) is 0 Å². The molecule has 0 bridgehead atoms. The zero-order valence-electron chi connectivity index (χ0n) is 17.4. The molecule has 0 aliphatic heterocycles. The molecule has 0 aliphatic carbocycles. The van der Waals surface area contributed by atoms with Crippen molar-refractivity contribution in [3.05, 3.63) is 35.9 Å². The number of rotatable bonds is 7. The van der Waals surface area contributed by atoms with E-state index in [1.54, 1.807) is 48.5 Å². The van der Waals surface area contributed by atoms with Crippen molar-refractivity contribution >= 4 is 12.1 Å². The lowest BCUT2D eigenvalue weighted by Gasteiger charge is -2.42. The summed E-state index contributed by atoms with van der Waals surface area (Å²) >= 11 is 0. The molecule has 2 atom stereocenters. The normalized spacial score (nSPS) is 15.2. The lowest BCUT2D eigenvalue weighted by Crippen LogP contribution is -2.67. The van der Waals surface area contributed by atoms with Gasteiger partial charge in [0.2, 0.25) is 0 Å². The molecule has 6 heteroatoms. The summed E-state index contributed by atoms with van der Waals surface area (Å²) < 4.78 is 10.8. The van der Waals surface area contributed by atoms with Crippen LogP contribution in [0.3, 0.4) is 0 Å². The molecular formula is C21H33NO5. The summed E-state index contributed by atoms with van der Waals surface area (Å²) in [5, 5.41) is 13.5. The van der Waals surface area contributed by atoms with Crippen molar-refractivity contribution in [2.24, 2.45) is 11.8 Å². The van der Waals surface area contributed by atoms with Crippen molar-refractivity contribution in [3.63, 3.8) is 0 Å². The number of aliphatic hydroxyl groups excluding tert-OH is 1. The van der Waals surface area contributed by atoms with Crippen molar-refractivity contribution in [1.29, 1.82) is 0 Å². The predicted octanol–water partition coefficient (Wildman–Crippen LogP) is 3.67. The molecule has 152 valence electrons. The van der Waals surface area contributed by atoms with Gasteiger partial charge < -0.3 is 19.9 Å². The van der Waals surface area contributed by atoms with Crippen LogP contribution in [0.5, 0.6) is 0 Å².